The predicted molar refractivity (Wildman–Crippen MR) is 72.0 cm³/mol. The Morgan fingerprint density at radius 2 is 2.18 bits per heavy atom. The number of benzene rings is 1. The summed E-state index contributed by atoms with van der Waals surface area (Å²) in [6.45, 7) is 2.63. The molecule has 86 valence electrons. The van der Waals surface area contributed by atoms with Gasteiger partial charge in [0, 0.05) is 33.6 Å². The van der Waals surface area contributed by atoms with Crippen molar-refractivity contribution in [2.45, 2.75) is 13.5 Å². The van der Waals surface area contributed by atoms with Crippen LogP contribution in [0.1, 0.15) is 10.6 Å². The van der Waals surface area contributed by atoms with Gasteiger partial charge in [0.25, 0.3) is 0 Å². The van der Waals surface area contributed by atoms with Gasteiger partial charge in [-0.05, 0) is 30.6 Å². The second-order valence-corrected chi connectivity index (χ2v) is 4.94. The fourth-order valence-electron chi connectivity index (χ4n) is 2.13. The van der Waals surface area contributed by atoms with Gasteiger partial charge >= 0.3 is 0 Å². The Morgan fingerprint density at radius 1 is 1.35 bits per heavy atom. The quantitative estimate of drug-likeness (QED) is 0.726. The number of nitrogens with two attached hydrogens (primary N) is 1. The van der Waals surface area contributed by atoms with Crippen LogP contribution >= 0.6 is 11.5 Å². The summed E-state index contributed by atoms with van der Waals surface area (Å²) in [6.07, 6.45) is 0. The molecule has 17 heavy (non-hydrogen) atoms. The van der Waals surface area contributed by atoms with Gasteiger partial charge < -0.3 is 10.7 Å². The van der Waals surface area contributed by atoms with E-state index in [1.807, 2.05) is 6.07 Å². The maximum Gasteiger partial charge on any atom is 0.0868 e. The van der Waals surface area contributed by atoms with Crippen molar-refractivity contribution in [1.82, 2.24) is 9.36 Å². The first-order valence-electron chi connectivity index (χ1n) is 5.53. The summed E-state index contributed by atoms with van der Waals surface area (Å²) in [6, 6.07) is 10.4. The topological polar surface area (TPSA) is 54.7 Å². The van der Waals surface area contributed by atoms with Crippen molar-refractivity contribution in [3.8, 4) is 11.3 Å². The van der Waals surface area contributed by atoms with Crippen LogP contribution < -0.4 is 5.73 Å². The lowest BCUT2D eigenvalue weighted by molar-refractivity contribution is 1.11. The van der Waals surface area contributed by atoms with E-state index in [0.29, 0.717) is 6.54 Å². The minimum atomic E-state index is 0.555. The predicted octanol–water partition coefficient (Wildman–Crippen LogP) is 3.06. The van der Waals surface area contributed by atoms with E-state index in [2.05, 4.69) is 40.5 Å². The normalized spacial score (nSPS) is 11.2. The fourth-order valence-corrected chi connectivity index (χ4v) is 2.73. The van der Waals surface area contributed by atoms with E-state index in [9.17, 15) is 0 Å². The number of hydrogen-bond donors (Lipinski definition) is 2. The molecule has 0 fully saturated rings. The van der Waals surface area contributed by atoms with Crippen molar-refractivity contribution in [3.05, 3.63) is 40.9 Å². The molecule has 2 aromatic heterocycles. The SMILES string of the molecule is Cc1[nH]c2ccccc2c1-c1cc(CN)sn1. The lowest BCUT2D eigenvalue weighted by Crippen LogP contribution is -1.91. The Hall–Kier alpha value is -1.65. The molecule has 1 aromatic carbocycles. The molecule has 3 N–H and O–H groups in total. The van der Waals surface area contributed by atoms with Crippen molar-refractivity contribution in [2.24, 2.45) is 5.73 Å². The molecule has 0 atom stereocenters. The summed E-state index contributed by atoms with van der Waals surface area (Å²) in [5.74, 6) is 0. The Labute approximate surface area is 103 Å². The molecule has 0 saturated carbocycles. The smallest absolute Gasteiger partial charge is 0.0868 e. The molecular weight excluding hydrogens is 230 g/mol. The highest BCUT2D eigenvalue weighted by Gasteiger charge is 2.12. The molecule has 4 heteroatoms. The zero-order valence-electron chi connectivity index (χ0n) is 9.53. The maximum atomic E-state index is 5.63. The van der Waals surface area contributed by atoms with Crippen molar-refractivity contribution in [2.75, 3.05) is 0 Å². The first-order chi connectivity index (χ1) is 8.29. The van der Waals surface area contributed by atoms with Crippen LogP contribution in [0.25, 0.3) is 22.2 Å². The van der Waals surface area contributed by atoms with Crippen molar-refractivity contribution in [3.63, 3.8) is 0 Å². The highest BCUT2D eigenvalue weighted by Crippen LogP contribution is 2.32. The zero-order valence-corrected chi connectivity index (χ0v) is 10.3. The molecule has 3 nitrogen and oxygen atoms in total. The van der Waals surface area contributed by atoms with Crippen molar-refractivity contribution >= 4 is 22.4 Å². The number of aromatic amines is 1. The molecule has 0 saturated heterocycles. The third-order valence-electron chi connectivity index (χ3n) is 2.91. The maximum absolute atomic E-state index is 5.63. The van der Waals surface area contributed by atoms with Crippen LogP contribution in [0.5, 0.6) is 0 Å². The van der Waals surface area contributed by atoms with Gasteiger partial charge in [0.15, 0.2) is 0 Å². The van der Waals surface area contributed by atoms with Gasteiger partial charge in [0.2, 0.25) is 0 Å². The molecule has 0 amide bonds. The molecule has 0 aliphatic carbocycles. The molecule has 0 unspecified atom stereocenters. The Kier molecular flexibility index (Phi) is 2.46. The third kappa shape index (κ3) is 1.66. The number of nitrogens with zero attached hydrogens (tertiary/aromatic N) is 1. The van der Waals surface area contributed by atoms with Gasteiger partial charge in [-0.1, -0.05) is 18.2 Å². The van der Waals surface area contributed by atoms with E-state index >= 15 is 0 Å². The van der Waals surface area contributed by atoms with Crippen LogP contribution in [0.15, 0.2) is 30.3 Å². The van der Waals surface area contributed by atoms with E-state index < -0.39 is 0 Å². The second-order valence-electron chi connectivity index (χ2n) is 4.05. The number of nitrogens with one attached hydrogen (secondary N) is 1. The van der Waals surface area contributed by atoms with E-state index in [4.69, 9.17) is 5.73 Å². The number of fused-ring (bicyclic) bond motifs is 1. The number of H-pyrrole nitrogens is 1. The lowest BCUT2D eigenvalue weighted by Gasteiger charge is -1.95. The zero-order chi connectivity index (χ0) is 11.8. The Balaban J connectivity index is 2.25. The molecule has 0 bridgehead atoms. The molecule has 2 heterocycles. The number of aromatic nitrogens is 2. The van der Waals surface area contributed by atoms with Crippen LogP contribution in [0.4, 0.5) is 0 Å². The molecule has 3 aromatic rings. The third-order valence-corrected chi connectivity index (χ3v) is 3.72. The van der Waals surface area contributed by atoms with Gasteiger partial charge in [-0.25, -0.2) is 0 Å². The van der Waals surface area contributed by atoms with E-state index in [1.165, 1.54) is 22.5 Å². The summed E-state index contributed by atoms with van der Waals surface area (Å²) >= 11 is 1.48. The summed E-state index contributed by atoms with van der Waals surface area (Å²) in [5, 5.41) is 1.22. The molecule has 0 aliphatic rings. The summed E-state index contributed by atoms with van der Waals surface area (Å²) in [7, 11) is 0. The van der Waals surface area contributed by atoms with Gasteiger partial charge in [0.05, 0.1) is 5.69 Å². The highest BCUT2D eigenvalue weighted by molar-refractivity contribution is 7.06. The van der Waals surface area contributed by atoms with Crippen molar-refractivity contribution in [1.29, 1.82) is 0 Å². The highest BCUT2D eigenvalue weighted by atomic mass is 32.1. The summed E-state index contributed by atoms with van der Waals surface area (Å²) in [4.78, 5) is 4.50. The number of rotatable bonds is 2. The van der Waals surface area contributed by atoms with Crippen LogP contribution in [-0.4, -0.2) is 9.36 Å². The number of para-hydroxylation sites is 1. The molecule has 0 radical (unpaired) electrons. The average molecular weight is 243 g/mol. The van der Waals surface area contributed by atoms with Crippen LogP contribution in [0.2, 0.25) is 0 Å². The first-order valence-corrected chi connectivity index (χ1v) is 6.30. The van der Waals surface area contributed by atoms with E-state index in [-0.39, 0.29) is 0 Å². The monoisotopic (exact) mass is 243 g/mol. The summed E-state index contributed by atoms with van der Waals surface area (Å²) < 4.78 is 4.48. The Bertz CT molecular complexity index is 666. The van der Waals surface area contributed by atoms with Gasteiger partial charge in [-0.2, -0.15) is 4.37 Å². The number of hydrogen-bond acceptors (Lipinski definition) is 3. The second kappa shape index (κ2) is 3.98. The standard InChI is InChI=1S/C13H13N3S/c1-8-13(12-6-9(7-14)17-16-12)10-4-2-3-5-11(10)15-8/h2-6,15H,7,14H2,1H3. The van der Waals surface area contributed by atoms with Crippen molar-refractivity contribution < 1.29 is 0 Å². The van der Waals surface area contributed by atoms with Crippen LogP contribution in [0.3, 0.4) is 0 Å². The Morgan fingerprint density at radius 3 is 2.94 bits per heavy atom. The van der Waals surface area contributed by atoms with E-state index in [1.54, 1.807) is 0 Å². The van der Waals surface area contributed by atoms with Crippen LogP contribution in [0, 0.1) is 6.92 Å². The van der Waals surface area contributed by atoms with Crippen LogP contribution in [-0.2, 0) is 6.54 Å². The van der Waals surface area contributed by atoms with Gasteiger partial charge in [-0.3, -0.25) is 0 Å². The average Bonchev–Trinajstić information content (AvgIpc) is 2.91. The molecular formula is C13H13N3S. The van der Waals surface area contributed by atoms with Gasteiger partial charge in [-0.15, -0.1) is 0 Å². The summed E-state index contributed by atoms with van der Waals surface area (Å²) in [5.41, 5.74) is 10.1. The molecule has 0 aliphatic heterocycles. The largest absolute Gasteiger partial charge is 0.358 e. The molecule has 0 spiro atoms. The minimum Gasteiger partial charge on any atom is -0.358 e. The van der Waals surface area contributed by atoms with E-state index in [0.717, 1.165) is 21.8 Å². The molecule has 3 rings (SSSR count). The lowest BCUT2D eigenvalue weighted by atomic mass is 10.1. The first kappa shape index (κ1) is 10.5. The fraction of sp³-hybridized carbons (Fsp3) is 0.154. The minimum absolute atomic E-state index is 0.555. The number of aryl methyl sites for hydroxylation is 1. The van der Waals surface area contributed by atoms with Gasteiger partial charge in [0.1, 0.15) is 0 Å².